The summed E-state index contributed by atoms with van der Waals surface area (Å²) in [6, 6.07) is 13.5. The number of hydrogen-bond acceptors (Lipinski definition) is 7. The van der Waals surface area contributed by atoms with E-state index in [4.69, 9.17) is 13.9 Å². The summed E-state index contributed by atoms with van der Waals surface area (Å²) in [6.45, 7) is 2.16. The minimum Gasteiger partial charge on any atom is -0.490 e. The molecule has 1 aliphatic rings. The maximum Gasteiger partial charge on any atom is 0.379 e. The highest BCUT2D eigenvalue weighted by atomic mass is 32.2. The zero-order valence-electron chi connectivity index (χ0n) is 17.4. The van der Waals surface area contributed by atoms with E-state index in [1.165, 1.54) is 36.6 Å². The van der Waals surface area contributed by atoms with Crippen LogP contribution in [0.1, 0.15) is 28.6 Å². The van der Waals surface area contributed by atoms with Crippen LogP contribution in [0.4, 0.5) is 9.18 Å². The fraction of sp³-hybridized carbons (Fsp3) is 0.125. The summed E-state index contributed by atoms with van der Waals surface area (Å²) in [5.74, 6) is -0.958. The quantitative estimate of drug-likeness (QED) is 0.266. The molecule has 1 aliphatic heterocycles. The van der Waals surface area contributed by atoms with E-state index >= 15 is 0 Å². The van der Waals surface area contributed by atoms with E-state index in [0.717, 1.165) is 16.7 Å². The lowest BCUT2D eigenvalue weighted by Crippen LogP contribution is -2.27. The monoisotopic (exact) mass is 467 g/mol. The van der Waals surface area contributed by atoms with Crippen LogP contribution in [0.2, 0.25) is 0 Å². The Balaban J connectivity index is 1.53. The van der Waals surface area contributed by atoms with E-state index in [9.17, 15) is 18.8 Å². The first-order valence-electron chi connectivity index (χ1n) is 9.97. The number of thioether (sulfide) groups is 1. The predicted molar refractivity (Wildman–Crippen MR) is 119 cm³/mol. The highest BCUT2D eigenvalue weighted by Crippen LogP contribution is 2.35. The van der Waals surface area contributed by atoms with Crippen molar-refractivity contribution in [3.63, 3.8) is 0 Å². The number of ether oxygens (including phenoxy) is 2. The SMILES string of the molecule is CCOc1cc(/C=C2\SC(=O)N(Cc3ccc(F)cc3)C2=O)ccc1OC(=O)c1ccco1. The van der Waals surface area contributed by atoms with Crippen molar-refractivity contribution >= 4 is 35.0 Å². The standard InChI is InChI=1S/C24H18FNO6S/c1-2-30-20-12-16(7-10-18(20)32-23(28)19-4-3-11-31-19)13-21-22(27)26(24(29)33-21)14-15-5-8-17(25)9-6-15/h3-13H,2,14H2,1H3/b21-13-. The van der Waals surface area contributed by atoms with E-state index in [1.54, 1.807) is 37.3 Å². The molecule has 1 aromatic heterocycles. The Morgan fingerprint density at radius 2 is 1.91 bits per heavy atom. The molecule has 9 heteroatoms. The van der Waals surface area contributed by atoms with Crippen molar-refractivity contribution in [1.29, 1.82) is 0 Å². The third kappa shape index (κ3) is 5.15. The fourth-order valence-electron chi connectivity index (χ4n) is 3.07. The molecular formula is C24H18FNO6S. The van der Waals surface area contributed by atoms with Crippen molar-refractivity contribution < 1.29 is 32.7 Å². The second kappa shape index (κ2) is 9.74. The first-order valence-corrected chi connectivity index (χ1v) is 10.8. The third-order valence-corrected chi connectivity index (χ3v) is 5.53. The molecule has 7 nitrogen and oxygen atoms in total. The van der Waals surface area contributed by atoms with Crippen molar-refractivity contribution in [2.45, 2.75) is 13.5 Å². The van der Waals surface area contributed by atoms with Crippen molar-refractivity contribution in [2.24, 2.45) is 0 Å². The van der Waals surface area contributed by atoms with Gasteiger partial charge in [0.05, 0.1) is 24.3 Å². The molecule has 3 aromatic rings. The lowest BCUT2D eigenvalue weighted by molar-refractivity contribution is -0.123. The number of imide groups is 1. The summed E-state index contributed by atoms with van der Waals surface area (Å²) in [7, 11) is 0. The van der Waals surface area contributed by atoms with Crippen molar-refractivity contribution in [2.75, 3.05) is 6.61 Å². The van der Waals surface area contributed by atoms with Crippen LogP contribution in [0.3, 0.4) is 0 Å². The summed E-state index contributed by atoms with van der Waals surface area (Å²) in [4.78, 5) is 38.7. The Bertz CT molecular complexity index is 1220. The van der Waals surface area contributed by atoms with Crippen LogP contribution in [0.25, 0.3) is 6.08 Å². The molecule has 0 radical (unpaired) electrons. The molecule has 1 fully saturated rings. The smallest absolute Gasteiger partial charge is 0.379 e. The van der Waals surface area contributed by atoms with Gasteiger partial charge in [0, 0.05) is 0 Å². The Morgan fingerprint density at radius 1 is 1.12 bits per heavy atom. The molecule has 0 aliphatic carbocycles. The summed E-state index contributed by atoms with van der Waals surface area (Å²) >= 11 is 0.817. The van der Waals surface area contributed by atoms with Gasteiger partial charge in [0.2, 0.25) is 5.76 Å². The Kier molecular flexibility index (Phi) is 6.60. The number of hydrogen-bond donors (Lipinski definition) is 0. The molecule has 0 saturated carbocycles. The van der Waals surface area contributed by atoms with Gasteiger partial charge < -0.3 is 13.9 Å². The Morgan fingerprint density at radius 3 is 2.61 bits per heavy atom. The molecule has 168 valence electrons. The Labute approximate surface area is 192 Å². The van der Waals surface area contributed by atoms with Gasteiger partial charge in [0.15, 0.2) is 11.5 Å². The molecule has 33 heavy (non-hydrogen) atoms. The molecular weight excluding hydrogens is 449 g/mol. The summed E-state index contributed by atoms with van der Waals surface area (Å²) < 4.78 is 29.1. The van der Waals surface area contributed by atoms with E-state index in [1.807, 2.05) is 0 Å². The van der Waals surface area contributed by atoms with Crippen LogP contribution in [0.5, 0.6) is 11.5 Å². The van der Waals surface area contributed by atoms with Crippen LogP contribution in [0, 0.1) is 5.82 Å². The molecule has 2 aromatic carbocycles. The van der Waals surface area contributed by atoms with Gasteiger partial charge in [-0.3, -0.25) is 14.5 Å². The summed E-state index contributed by atoms with van der Waals surface area (Å²) in [6.07, 6.45) is 2.93. The zero-order chi connectivity index (χ0) is 23.4. The number of furan rings is 1. The minimum absolute atomic E-state index is 0.0498. The van der Waals surface area contributed by atoms with Crippen molar-refractivity contribution in [1.82, 2.24) is 4.90 Å². The van der Waals surface area contributed by atoms with E-state index in [-0.39, 0.29) is 23.0 Å². The van der Waals surface area contributed by atoms with E-state index in [0.29, 0.717) is 23.5 Å². The van der Waals surface area contributed by atoms with E-state index in [2.05, 4.69) is 0 Å². The van der Waals surface area contributed by atoms with Gasteiger partial charge in [0.25, 0.3) is 11.1 Å². The third-order valence-electron chi connectivity index (χ3n) is 4.62. The topological polar surface area (TPSA) is 86.0 Å². The molecule has 2 amide bonds. The maximum atomic E-state index is 13.1. The maximum absolute atomic E-state index is 13.1. The normalized spacial score (nSPS) is 14.7. The van der Waals surface area contributed by atoms with Gasteiger partial charge >= 0.3 is 5.97 Å². The number of halogens is 1. The van der Waals surface area contributed by atoms with Gasteiger partial charge in [-0.1, -0.05) is 18.2 Å². The van der Waals surface area contributed by atoms with Crippen LogP contribution in [-0.4, -0.2) is 28.6 Å². The number of esters is 1. The lowest BCUT2D eigenvalue weighted by Gasteiger charge is -2.12. The molecule has 0 spiro atoms. The molecule has 0 atom stereocenters. The molecule has 0 bridgehead atoms. The molecule has 0 N–H and O–H groups in total. The first kappa shape index (κ1) is 22.3. The van der Waals surface area contributed by atoms with Crippen LogP contribution < -0.4 is 9.47 Å². The van der Waals surface area contributed by atoms with E-state index < -0.39 is 22.9 Å². The highest BCUT2D eigenvalue weighted by Gasteiger charge is 2.35. The average Bonchev–Trinajstić information content (AvgIpc) is 3.42. The largest absolute Gasteiger partial charge is 0.490 e. The highest BCUT2D eigenvalue weighted by molar-refractivity contribution is 8.18. The lowest BCUT2D eigenvalue weighted by atomic mass is 10.1. The van der Waals surface area contributed by atoms with Gasteiger partial charge in [-0.15, -0.1) is 0 Å². The van der Waals surface area contributed by atoms with Gasteiger partial charge in [-0.25, -0.2) is 9.18 Å². The molecule has 1 saturated heterocycles. The number of rotatable bonds is 7. The summed E-state index contributed by atoms with van der Waals surface area (Å²) in [5, 5.41) is -0.412. The second-order valence-corrected chi connectivity index (χ2v) is 7.89. The molecule has 0 unspecified atom stereocenters. The van der Waals surface area contributed by atoms with Crippen molar-refractivity contribution in [3.8, 4) is 11.5 Å². The second-order valence-electron chi connectivity index (χ2n) is 6.90. The fourth-order valence-corrected chi connectivity index (χ4v) is 3.91. The van der Waals surface area contributed by atoms with Crippen molar-refractivity contribution in [3.05, 3.63) is 88.5 Å². The number of carbonyl (C=O) groups is 3. The van der Waals surface area contributed by atoms with Crippen LogP contribution in [-0.2, 0) is 11.3 Å². The Hall–Kier alpha value is -3.85. The van der Waals surface area contributed by atoms with Gasteiger partial charge in [-0.05, 0) is 72.3 Å². The first-order chi connectivity index (χ1) is 15.9. The predicted octanol–water partition coefficient (Wildman–Crippen LogP) is 5.27. The van der Waals surface area contributed by atoms with Crippen LogP contribution in [0.15, 0.2) is 70.2 Å². The molecule has 4 rings (SSSR count). The van der Waals surface area contributed by atoms with Gasteiger partial charge in [0.1, 0.15) is 5.82 Å². The number of benzene rings is 2. The minimum atomic E-state index is -0.671. The average molecular weight is 467 g/mol. The summed E-state index contributed by atoms with van der Waals surface area (Å²) in [5.41, 5.74) is 1.23. The number of amides is 2. The number of carbonyl (C=O) groups excluding carboxylic acids is 3. The van der Waals surface area contributed by atoms with Crippen LogP contribution >= 0.6 is 11.8 Å². The van der Waals surface area contributed by atoms with Gasteiger partial charge in [-0.2, -0.15) is 0 Å². The zero-order valence-corrected chi connectivity index (χ0v) is 18.3. The number of nitrogens with zero attached hydrogens (tertiary/aromatic N) is 1. The molecule has 2 heterocycles.